The first kappa shape index (κ1) is 13.2. The second kappa shape index (κ2) is 6.02. The first-order chi connectivity index (χ1) is 8.15. The van der Waals surface area contributed by atoms with Crippen molar-refractivity contribution in [2.24, 2.45) is 5.73 Å². The lowest BCUT2D eigenvalue weighted by atomic mass is 9.94. The Morgan fingerprint density at radius 2 is 2.24 bits per heavy atom. The van der Waals surface area contributed by atoms with E-state index >= 15 is 0 Å². The molecule has 0 spiro atoms. The molecule has 1 aromatic carbocycles. The number of esters is 1. The molecule has 0 bridgehead atoms. The standard InChI is InChI=1S/C13H16N2O2/c1-3-10-4-9(7-14)5-11(8-15)12(10)6-13(16)17-2/h4-5H,3,6-7,14H2,1-2H3. The second-order valence-electron chi connectivity index (χ2n) is 3.70. The molecule has 0 aromatic heterocycles. The summed E-state index contributed by atoms with van der Waals surface area (Å²) >= 11 is 0. The summed E-state index contributed by atoms with van der Waals surface area (Å²) in [6.45, 7) is 2.37. The Bertz CT molecular complexity index is 461. The minimum Gasteiger partial charge on any atom is -0.469 e. The number of carbonyl (C=O) groups excluding carboxylic acids is 1. The largest absolute Gasteiger partial charge is 0.469 e. The van der Waals surface area contributed by atoms with Crippen LogP contribution < -0.4 is 5.73 Å². The van der Waals surface area contributed by atoms with Crippen LogP contribution in [0.3, 0.4) is 0 Å². The summed E-state index contributed by atoms with van der Waals surface area (Å²) in [4.78, 5) is 11.3. The van der Waals surface area contributed by atoms with Crippen molar-refractivity contribution in [3.05, 3.63) is 34.4 Å². The SMILES string of the molecule is CCc1cc(CN)cc(C#N)c1CC(=O)OC. The quantitative estimate of drug-likeness (QED) is 0.794. The highest BCUT2D eigenvalue weighted by Crippen LogP contribution is 2.19. The molecule has 0 heterocycles. The lowest BCUT2D eigenvalue weighted by molar-refractivity contribution is -0.139. The van der Waals surface area contributed by atoms with Crippen LogP contribution in [0, 0.1) is 11.3 Å². The molecule has 17 heavy (non-hydrogen) atoms. The van der Waals surface area contributed by atoms with E-state index in [2.05, 4.69) is 10.8 Å². The maximum Gasteiger partial charge on any atom is 0.310 e. The fourth-order valence-electron chi connectivity index (χ4n) is 1.76. The normalized spacial score (nSPS) is 9.76. The topological polar surface area (TPSA) is 76.1 Å². The summed E-state index contributed by atoms with van der Waals surface area (Å²) in [6, 6.07) is 5.79. The van der Waals surface area contributed by atoms with Gasteiger partial charge in [-0.05, 0) is 29.2 Å². The molecule has 0 aliphatic heterocycles. The van der Waals surface area contributed by atoms with Crippen LogP contribution in [0.25, 0.3) is 0 Å². The number of aryl methyl sites for hydroxylation is 1. The number of nitrogens with zero attached hydrogens (tertiary/aromatic N) is 1. The predicted molar refractivity (Wildman–Crippen MR) is 64.1 cm³/mol. The molecular weight excluding hydrogens is 216 g/mol. The summed E-state index contributed by atoms with van der Waals surface area (Å²) in [5, 5.41) is 9.10. The van der Waals surface area contributed by atoms with E-state index in [1.165, 1.54) is 7.11 Å². The molecule has 0 aliphatic carbocycles. The fraction of sp³-hybridized carbons (Fsp3) is 0.385. The predicted octanol–water partition coefficient (Wildman–Crippen LogP) is 1.29. The number of hydrogen-bond acceptors (Lipinski definition) is 4. The van der Waals surface area contributed by atoms with Crippen molar-refractivity contribution in [1.29, 1.82) is 5.26 Å². The summed E-state index contributed by atoms with van der Waals surface area (Å²) < 4.78 is 4.64. The van der Waals surface area contributed by atoms with E-state index in [1.807, 2.05) is 13.0 Å². The Morgan fingerprint density at radius 3 is 2.71 bits per heavy atom. The molecule has 0 unspecified atom stereocenters. The van der Waals surface area contributed by atoms with Gasteiger partial charge in [0, 0.05) is 6.54 Å². The fourth-order valence-corrected chi connectivity index (χ4v) is 1.76. The van der Waals surface area contributed by atoms with Crippen LogP contribution >= 0.6 is 0 Å². The number of benzene rings is 1. The molecule has 0 saturated heterocycles. The number of hydrogen-bond donors (Lipinski definition) is 1. The molecule has 2 N–H and O–H groups in total. The first-order valence-electron chi connectivity index (χ1n) is 5.47. The van der Waals surface area contributed by atoms with Gasteiger partial charge in [0.1, 0.15) is 0 Å². The smallest absolute Gasteiger partial charge is 0.310 e. The van der Waals surface area contributed by atoms with Gasteiger partial charge in [-0.15, -0.1) is 0 Å². The Balaban J connectivity index is 3.25. The van der Waals surface area contributed by atoms with E-state index in [9.17, 15) is 4.79 Å². The van der Waals surface area contributed by atoms with Crippen LogP contribution in [-0.4, -0.2) is 13.1 Å². The molecule has 0 fully saturated rings. The van der Waals surface area contributed by atoms with Gasteiger partial charge in [-0.1, -0.05) is 13.0 Å². The van der Waals surface area contributed by atoms with Crippen molar-refractivity contribution < 1.29 is 9.53 Å². The minimum absolute atomic E-state index is 0.132. The van der Waals surface area contributed by atoms with E-state index in [1.54, 1.807) is 6.07 Å². The van der Waals surface area contributed by atoms with Crippen LogP contribution in [0.4, 0.5) is 0 Å². The molecule has 4 nitrogen and oxygen atoms in total. The molecule has 0 radical (unpaired) electrons. The molecule has 0 saturated carbocycles. The lowest BCUT2D eigenvalue weighted by Crippen LogP contribution is -2.10. The van der Waals surface area contributed by atoms with E-state index < -0.39 is 0 Å². The van der Waals surface area contributed by atoms with Gasteiger partial charge in [0.05, 0.1) is 25.2 Å². The zero-order valence-corrected chi connectivity index (χ0v) is 10.1. The van der Waals surface area contributed by atoms with E-state index in [0.29, 0.717) is 12.1 Å². The Morgan fingerprint density at radius 1 is 1.53 bits per heavy atom. The number of rotatable bonds is 4. The van der Waals surface area contributed by atoms with Crippen LogP contribution in [0.5, 0.6) is 0 Å². The second-order valence-corrected chi connectivity index (χ2v) is 3.70. The van der Waals surface area contributed by atoms with Crippen LogP contribution in [0.2, 0.25) is 0 Å². The van der Waals surface area contributed by atoms with Gasteiger partial charge in [-0.3, -0.25) is 4.79 Å². The van der Waals surface area contributed by atoms with Crippen molar-refractivity contribution >= 4 is 5.97 Å². The van der Waals surface area contributed by atoms with E-state index in [4.69, 9.17) is 11.0 Å². The number of nitriles is 1. The summed E-state index contributed by atoms with van der Waals surface area (Å²) in [6.07, 6.45) is 0.891. The highest BCUT2D eigenvalue weighted by Gasteiger charge is 2.13. The van der Waals surface area contributed by atoms with Crippen molar-refractivity contribution in [3.8, 4) is 6.07 Å². The molecular formula is C13H16N2O2. The maximum atomic E-state index is 11.3. The van der Waals surface area contributed by atoms with Gasteiger partial charge in [-0.2, -0.15) is 5.26 Å². The minimum atomic E-state index is -0.336. The molecule has 1 rings (SSSR count). The van der Waals surface area contributed by atoms with Gasteiger partial charge < -0.3 is 10.5 Å². The summed E-state index contributed by atoms with van der Waals surface area (Å²) in [5.74, 6) is -0.336. The van der Waals surface area contributed by atoms with Crippen LogP contribution in [0.15, 0.2) is 12.1 Å². The summed E-state index contributed by atoms with van der Waals surface area (Å²) in [5.41, 5.74) is 8.72. The highest BCUT2D eigenvalue weighted by atomic mass is 16.5. The average molecular weight is 232 g/mol. The van der Waals surface area contributed by atoms with E-state index in [0.717, 1.165) is 23.1 Å². The molecule has 0 atom stereocenters. The Kier molecular flexibility index (Phi) is 4.68. The Hall–Kier alpha value is -1.86. The van der Waals surface area contributed by atoms with Crippen LogP contribution in [0.1, 0.15) is 29.2 Å². The summed E-state index contributed by atoms with van der Waals surface area (Å²) in [7, 11) is 1.34. The lowest BCUT2D eigenvalue weighted by Gasteiger charge is -2.11. The number of ether oxygens (including phenoxy) is 1. The third-order valence-corrected chi connectivity index (χ3v) is 2.69. The molecule has 4 heteroatoms. The Labute approximate surface area is 101 Å². The van der Waals surface area contributed by atoms with Crippen molar-refractivity contribution in [2.75, 3.05) is 7.11 Å². The van der Waals surface area contributed by atoms with Crippen molar-refractivity contribution in [3.63, 3.8) is 0 Å². The van der Waals surface area contributed by atoms with Gasteiger partial charge in [0.2, 0.25) is 0 Å². The van der Waals surface area contributed by atoms with Crippen molar-refractivity contribution in [1.82, 2.24) is 0 Å². The van der Waals surface area contributed by atoms with Crippen LogP contribution in [-0.2, 0) is 28.9 Å². The number of methoxy groups -OCH3 is 1. The van der Waals surface area contributed by atoms with E-state index in [-0.39, 0.29) is 12.4 Å². The number of nitrogens with two attached hydrogens (primary N) is 1. The first-order valence-corrected chi connectivity index (χ1v) is 5.47. The molecule has 1 aromatic rings. The highest BCUT2D eigenvalue weighted by molar-refractivity contribution is 5.74. The van der Waals surface area contributed by atoms with Gasteiger partial charge in [0.15, 0.2) is 0 Å². The van der Waals surface area contributed by atoms with Crippen molar-refractivity contribution in [2.45, 2.75) is 26.3 Å². The monoisotopic (exact) mass is 232 g/mol. The molecule has 0 aliphatic rings. The van der Waals surface area contributed by atoms with Gasteiger partial charge in [0.25, 0.3) is 0 Å². The molecule has 90 valence electrons. The van der Waals surface area contributed by atoms with Gasteiger partial charge in [-0.25, -0.2) is 0 Å². The van der Waals surface area contributed by atoms with Gasteiger partial charge >= 0.3 is 5.97 Å². The zero-order valence-electron chi connectivity index (χ0n) is 10.1. The third kappa shape index (κ3) is 3.05. The third-order valence-electron chi connectivity index (χ3n) is 2.69. The number of carbonyl (C=O) groups is 1. The average Bonchev–Trinajstić information content (AvgIpc) is 2.38. The molecule has 0 amide bonds. The zero-order chi connectivity index (χ0) is 12.8. The maximum absolute atomic E-state index is 11.3.